The third kappa shape index (κ3) is 6.20. The molecule has 2 aliphatic rings. The summed E-state index contributed by atoms with van der Waals surface area (Å²) in [4.78, 5) is 38.6. The Bertz CT molecular complexity index is 721. The summed E-state index contributed by atoms with van der Waals surface area (Å²) >= 11 is 5.86. The molecule has 0 radical (unpaired) electrons. The van der Waals surface area contributed by atoms with Gasteiger partial charge in [0.15, 0.2) is 6.61 Å². The van der Waals surface area contributed by atoms with Crippen molar-refractivity contribution in [3.8, 4) is 0 Å². The second-order valence-electron chi connectivity index (χ2n) is 8.21. The normalized spacial score (nSPS) is 22.8. The molecule has 1 saturated heterocycles. The third-order valence-electron chi connectivity index (χ3n) is 5.93. The molecule has 0 spiro atoms. The molecule has 6 nitrogen and oxygen atoms in total. The van der Waals surface area contributed by atoms with Gasteiger partial charge in [0.1, 0.15) is 0 Å². The van der Waals surface area contributed by atoms with E-state index in [4.69, 9.17) is 16.3 Å². The van der Waals surface area contributed by atoms with E-state index in [-0.39, 0.29) is 36.4 Å². The lowest BCUT2D eigenvalue weighted by molar-refractivity contribution is -0.154. The van der Waals surface area contributed by atoms with Gasteiger partial charge in [0.2, 0.25) is 0 Å². The number of piperidine rings is 1. The molecule has 158 valence electrons. The fourth-order valence-electron chi connectivity index (χ4n) is 4.02. The van der Waals surface area contributed by atoms with Crippen LogP contribution in [0.4, 0.5) is 0 Å². The fraction of sp³-hybridized carbons (Fsp3) is 0.591. The smallest absolute Gasteiger partial charge is 0.309 e. The van der Waals surface area contributed by atoms with E-state index >= 15 is 0 Å². The van der Waals surface area contributed by atoms with Crippen LogP contribution < -0.4 is 5.32 Å². The zero-order chi connectivity index (χ0) is 20.8. The number of hydrogen-bond acceptors (Lipinski definition) is 4. The van der Waals surface area contributed by atoms with E-state index < -0.39 is 0 Å². The molecule has 1 N–H and O–H groups in total. The van der Waals surface area contributed by atoms with Crippen LogP contribution in [0.2, 0.25) is 5.02 Å². The van der Waals surface area contributed by atoms with Gasteiger partial charge in [0.25, 0.3) is 11.8 Å². The lowest BCUT2D eigenvalue weighted by Gasteiger charge is -2.31. The van der Waals surface area contributed by atoms with Crippen molar-refractivity contribution in [2.24, 2.45) is 11.8 Å². The van der Waals surface area contributed by atoms with E-state index in [0.717, 1.165) is 31.6 Å². The number of carbonyl (C=O) groups excluding carboxylic acids is 3. The molecular weight excluding hydrogens is 392 g/mol. The minimum absolute atomic E-state index is 0.0605. The summed E-state index contributed by atoms with van der Waals surface area (Å²) < 4.78 is 5.23. The number of likely N-dealkylation sites (tertiary alicyclic amines) is 1. The molecule has 1 aromatic carbocycles. The highest BCUT2D eigenvalue weighted by atomic mass is 35.5. The van der Waals surface area contributed by atoms with Crippen molar-refractivity contribution >= 4 is 29.4 Å². The van der Waals surface area contributed by atoms with E-state index in [1.165, 1.54) is 0 Å². The van der Waals surface area contributed by atoms with E-state index in [1.54, 1.807) is 29.2 Å². The number of esters is 1. The van der Waals surface area contributed by atoms with E-state index in [1.807, 2.05) is 0 Å². The molecular formula is C22H29ClN2O4. The van der Waals surface area contributed by atoms with Crippen LogP contribution in [0.25, 0.3) is 0 Å². The standard InChI is InChI=1S/C22H29ClN2O4/c1-15-2-8-19(9-3-15)24-20(26)14-29-22(28)17-10-12-25(13-11-17)21(27)16-4-6-18(23)7-5-16/h4-7,15,17,19H,2-3,8-14H2,1H3,(H,24,26). The van der Waals surface area contributed by atoms with E-state index in [9.17, 15) is 14.4 Å². The van der Waals surface area contributed by atoms with Crippen LogP contribution >= 0.6 is 11.6 Å². The quantitative estimate of drug-likeness (QED) is 0.740. The average Bonchev–Trinajstić information content (AvgIpc) is 2.74. The van der Waals surface area contributed by atoms with Gasteiger partial charge in [-0.2, -0.15) is 0 Å². The zero-order valence-electron chi connectivity index (χ0n) is 16.9. The summed E-state index contributed by atoms with van der Waals surface area (Å²) in [6.45, 7) is 2.99. The van der Waals surface area contributed by atoms with Crippen LogP contribution in [0, 0.1) is 11.8 Å². The maximum absolute atomic E-state index is 12.5. The zero-order valence-corrected chi connectivity index (χ0v) is 17.6. The number of nitrogens with zero attached hydrogens (tertiary/aromatic N) is 1. The highest BCUT2D eigenvalue weighted by molar-refractivity contribution is 6.30. The monoisotopic (exact) mass is 420 g/mol. The first-order chi connectivity index (χ1) is 13.9. The first-order valence-corrected chi connectivity index (χ1v) is 10.8. The molecule has 3 rings (SSSR count). The van der Waals surface area contributed by atoms with E-state index in [0.29, 0.717) is 36.5 Å². The van der Waals surface area contributed by atoms with Crippen molar-refractivity contribution in [2.45, 2.75) is 51.5 Å². The Morgan fingerprint density at radius 3 is 2.28 bits per heavy atom. The lowest BCUT2D eigenvalue weighted by Crippen LogP contribution is -2.42. The molecule has 29 heavy (non-hydrogen) atoms. The van der Waals surface area contributed by atoms with Gasteiger partial charge in [-0.05, 0) is 68.7 Å². The Kier molecular flexibility index (Phi) is 7.53. The number of nitrogens with one attached hydrogen (secondary N) is 1. The van der Waals surface area contributed by atoms with Gasteiger partial charge < -0.3 is 15.0 Å². The van der Waals surface area contributed by atoms with Gasteiger partial charge in [-0.15, -0.1) is 0 Å². The first kappa shape index (κ1) is 21.6. The fourth-order valence-corrected chi connectivity index (χ4v) is 4.15. The van der Waals surface area contributed by atoms with Crippen molar-refractivity contribution in [3.63, 3.8) is 0 Å². The van der Waals surface area contributed by atoms with Crippen LogP contribution in [0.1, 0.15) is 55.8 Å². The van der Waals surface area contributed by atoms with Crippen LogP contribution in [0.15, 0.2) is 24.3 Å². The van der Waals surface area contributed by atoms with E-state index in [2.05, 4.69) is 12.2 Å². The van der Waals surface area contributed by atoms with Crippen LogP contribution in [-0.4, -0.2) is 48.4 Å². The van der Waals surface area contributed by atoms with Crippen molar-refractivity contribution in [1.29, 1.82) is 0 Å². The summed E-state index contributed by atoms with van der Waals surface area (Å²) in [6, 6.07) is 6.99. The number of carbonyl (C=O) groups is 3. The Morgan fingerprint density at radius 2 is 1.66 bits per heavy atom. The van der Waals surface area contributed by atoms with Crippen LogP contribution in [-0.2, 0) is 14.3 Å². The molecule has 1 aliphatic heterocycles. The number of benzene rings is 1. The third-order valence-corrected chi connectivity index (χ3v) is 6.19. The number of ether oxygens (including phenoxy) is 1. The number of halogens is 1. The Hall–Kier alpha value is -2.08. The molecule has 0 bridgehead atoms. The number of rotatable bonds is 5. The van der Waals surface area contributed by atoms with Crippen molar-refractivity contribution in [2.75, 3.05) is 19.7 Å². The molecule has 1 heterocycles. The molecule has 0 atom stereocenters. The molecule has 2 fully saturated rings. The number of hydrogen-bond donors (Lipinski definition) is 1. The second kappa shape index (κ2) is 10.1. The summed E-state index contributed by atoms with van der Waals surface area (Å²) in [5.41, 5.74) is 0.587. The molecule has 1 saturated carbocycles. The molecule has 0 aromatic heterocycles. The van der Waals surface area contributed by atoms with Gasteiger partial charge in [-0.1, -0.05) is 18.5 Å². The first-order valence-electron chi connectivity index (χ1n) is 10.4. The SMILES string of the molecule is CC1CCC(NC(=O)COC(=O)C2CCN(C(=O)c3ccc(Cl)cc3)CC2)CC1. The van der Waals surface area contributed by atoms with Crippen molar-refractivity contribution in [3.05, 3.63) is 34.9 Å². The molecule has 2 amide bonds. The lowest BCUT2D eigenvalue weighted by atomic mass is 9.87. The van der Waals surface area contributed by atoms with Gasteiger partial charge in [-0.3, -0.25) is 14.4 Å². The highest BCUT2D eigenvalue weighted by Gasteiger charge is 2.29. The van der Waals surface area contributed by atoms with Crippen LogP contribution in [0.5, 0.6) is 0 Å². The summed E-state index contributed by atoms with van der Waals surface area (Å²) in [6.07, 6.45) is 5.30. The second-order valence-corrected chi connectivity index (χ2v) is 8.64. The molecule has 7 heteroatoms. The average molecular weight is 421 g/mol. The minimum Gasteiger partial charge on any atom is -0.455 e. The van der Waals surface area contributed by atoms with Gasteiger partial charge in [-0.25, -0.2) is 0 Å². The topological polar surface area (TPSA) is 75.7 Å². The van der Waals surface area contributed by atoms with Gasteiger partial charge >= 0.3 is 5.97 Å². The maximum atomic E-state index is 12.5. The Labute approximate surface area is 176 Å². The largest absolute Gasteiger partial charge is 0.455 e. The van der Waals surface area contributed by atoms with Crippen molar-refractivity contribution < 1.29 is 19.1 Å². The predicted octanol–water partition coefficient (Wildman–Crippen LogP) is 3.43. The molecule has 1 aliphatic carbocycles. The predicted molar refractivity (Wildman–Crippen MR) is 111 cm³/mol. The number of amides is 2. The Morgan fingerprint density at radius 1 is 1.03 bits per heavy atom. The van der Waals surface area contributed by atoms with Crippen molar-refractivity contribution in [1.82, 2.24) is 10.2 Å². The molecule has 0 unspecified atom stereocenters. The van der Waals surface area contributed by atoms with Crippen LogP contribution in [0.3, 0.4) is 0 Å². The summed E-state index contributed by atoms with van der Waals surface area (Å²) in [5.74, 6) is -0.190. The maximum Gasteiger partial charge on any atom is 0.309 e. The molecule has 1 aromatic rings. The summed E-state index contributed by atoms with van der Waals surface area (Å²) in [5, 5.41) is 3.55. The van der Waals surface area contributed by atoms with Gasteiger partial charge in [0.05, 0.1) is 5.92 Å². The highest BCUT2D eigenvalue weighted by Crippen LogP contribution is 2.24. The van der Waals surface area contributed by atoms with Gasteiger partial charge in [0, 0.05) is 29.7 Å². The minimum atomic E-state index is -0.351. The Balaban J connectivity index is 1.38. The summed E-state index contributed by atoms with van der Waals surface area (Å²) in [7, 11) is 0.